The first-order chi connectivity index (χ1) is 6.77. The fourth-order valence-electron chi connectivity index (χ4n) is 1.12. The van der Waals surface area contributed by atoms with Crippen molar-refractivity contribution in [1.82, 2.24) is 9.97 Å². The highest BCUT2D eigenvalue weighted by Crippen LogP contribution is 2.15. The quantitative estimate of drug-likeness (QED) is 0.776. The van der Waals surface area contributed by atoms with E-state index in [1.165, 1.54) is 6.33 Å². The van der Waals surface area contributed by atoms with E-state index in [2.05, 4.69) is 28.5 Å². The Kier molecular flexibility index (Phi) is 4.52. The number of rotatable bonds is 5. The SMILES string of the molecule is CCC(CSC)Nc1ncncc1N. The molecule has 14 heavy (non-hydrogen) atoms. The molecule has 0 aliphatic carbocycles. The average molecular weight is 212 g/mol. The van der Waals surface area contributed by atoms with Crippen LogP contribution in [-0.4, -0.2) is 28.0 Å². The smallest absolute Gasteiger partial charge is 0.152 e. The maximum Gasteiger partial charge on any atom is 0.152 e. The molecule has 0 saturated carbocycles. The molecule has 3 N–H and O–H groups in total. The maximum absolute atomic E-state index is 5.73. The third-order valence-electron chi connectivity index (χ3n) is 1.94. The van der Waals surface area contributed by atoms with Gasteiger partial charge in [-0.25, -0.2) is 9.97 Å². The Morgan fingerprint density at radius 3 is 3.00 bits per heavy atom. The van der Waals surface area contributed by atoms with Crippen LogP contribution in [0.2, 0.25) is 0 Å². The Morgan fingerprint density at radius 1 is 1.64 bits per heavy atom. The average Bonchev–Trinajstić information content (AvgIpc) is 2.20. The van der Waals surface area contributed by atoms with E-state index in [1.54, 1.807) is 6.20 Å². The number of aromatic nitrogens is 2. The largest absolute Gasteiger partial charge is 0.394 e. The molecule has 0 aliphatic heterocycles. The van der Waals surface area contributed by atoms with E-state index in [-0.39, 0.29) is 0 Å². The minimum Gasteiger partial charge on any atom is -0.394 e. The summed E-state index contributed by atoms with van der Waals surface area (Å²) in [6.45, 7) is 2.14. The number of nitrogen functional groups attached to an aromatic ring is 1. The molecule has 1 atom stereocenters. The van der Waals surface area contributed by atoms with Gasteiger partial charge < -0.3 is 11.1 Å². The topological polar surface area (TPSA) is 63.8 Å². The molecule has 0 saturated heterocycles. The Morgan fingerprint density at radius 2 is 2.43 bits per heavy atom. The number of nitrogens with one attached hydrogen (secondary N) is 1. The van der Waals surface area contributed by atoms with Crippen LogP contribution in [0, 0.1) is 0 Å². The van der Waals surface area contributed by atoms with Gasteiger partial charge in [0.15, 0.2) is 5.82 Å². The zero-order chi connectivity index (χ0) is 10.4. The lowest BCUT2D eigenvalue weighted by Gasteiger charge is -2.16. The molecule has 1 rings (SSSR count). The zero-order valence-electron chi connectivity index (χ0n) is 8.53. The third kappa shape index (κ3) is 3.06. The number of nitrogens with two attached hydrogens (primary N) is 1. The van der Waals surface area contributed by atoms with E-state index < -0.39 is 0 Å². The number of anilines is 2. The van der Waals surface area contributed by atoms with E-state index in [0.717, 1.165) is 18.0 Å². The summed E-state index contributed by atoms with van der Waals surface area (Å²) in [4.78, 5) is 7.93. The lowest BCUT2D eigenvalue weighted by atomic mass is 10.2. The normalized spacial score (nSPS) is 12.4. The van der Waals surface area contributed by atoms with Crippen LogP contribution in [0.1, 0.15) is 13.3 Å². The Hall–Kier alpha value is -0.970. The van der Waals surface area contributed by atoms with Crippen molar-refractivity contribution in [1.29, 1.82) is 0 Å². The summed E-state index contributed by atoms with van der Waals surface area (Å²) in [5.41, 5.74) is 6.33. The second-order valence-corrected chi connectivity index (χ2v) is 3.94. The van der Waals surface area contributed by atoms with Crippen LogP contribution in [0.15, 0.2) is 12.5 Å². The van der Waals surface area contributed by atoms with Gasteiger partial charge in [0.05, 0.1) is 11.9 Å². The van der Waals surface area contributed by atoms with Gasteiger partial charge in [0, 0.05) is 11.8 Å². The van der Waals surface area contributed by atoms with Gasteiger partial charge in [-0.2, -0.15) is 11.8 Å². The maximum atomic E-state index is 5.73. The molecule has 0 spiro atoms. The first-order valence-corrected chi connectivity index (χ1v) is 5.98. The minimum absolute atomic E-state index is 0.419. The van der Waals surface area contributed by atoms with Crippen molar-refractivity contribution in [2.75, 3.05) is 23.1 Å². The molecule has 4 nitrogen and oxygen atoms in total. The van der Waals surface area contributed by atoms with E-state index in [0.29, 0.717) is 11.7 Å². The van der Waals surface area contributed by atoms with Crippen molar-refractivity contribution in [3.63, 3.8) is 0 Å². The Labute approximate surface area is 88.7 Å². The summed E-state index contributed by atoms with van der Waals surface area (Å²) >= 11 is 1.81. The van der Waals surface area contributed by atoms with Crippen LogP contribution in [0.5, 0.6) is 0 Å². The number of nitrogens with zero attached hydrogens (tertiary/aromatic N) is 2. The van der Waals surface area contributed by atoms with Gasteiger partial charge in [0.2, 0.25) is 0 Å². The first-order valence-electron chi connectivity index (χ1n) is 4.58. The summed E-state index contributed by atoms with van der Waals surface area (Å²) in [6, 6.07) is 0.419. The highest BCUT2D eigenvalue weighted by atomic mass is 32.2. The summed E-state index contributed by atoms with van der Waals surface area (Å²) in [5.74, 6) is 1.79. The van der Waals surface area contributed by atoms with Gasteiger partial charge in [0.1, 0.15) is 6.33 Å². The van der Waals surface area contributed by atoms with Crippen LogP contribution in [0.25, 0.3) is 0 Å². The molecule has 0 fully saturated rings. The summed E-state index contributed by atoms with van der Waals surface area (Å²) in [6.07, 6.45) is 6.27. The van der Waals surface area contributed by atoms with Gasteiger partial charge in [-0.05, 0) is 12.7 Å². The number of thioether (sulfide) groups is 1. The number of hydrogen-bond donors (Lipinski definition) is 2. The van der Waals surface area contributed by atoms with Crippen molar-refractivity contribution >= 4 is 23.3 Å². The van der Waals surface area contributed by atoms with Crippen molar-refractivity contribution in [2.45, 2.75) is 19.4 Å². The molecule has 0 bridgehead atoms. The van der Waals surface area contributed by atoms with E-state index in [9.17, 15) is 0 Å². The molecule has 0 aliphatic rings. The zero-order valence-corrected chi connectivity index (χ0v) is 9.34. The molecule has 0 aromatic carbocycles. The van der Waals surface area contributed by atoms with Gasteiger partial charge in [-0.1, -0.05) is 6.92 Å². The van der Waals surface area contributed by atoms with Gasteiger partial charge in [-0.3, -0.25) is 0 Å². The van der Waals surface area contributed by atoms with Crippen LogP contribution in [-0.2, 0) is 0 Å². The molecule has 1 unspecified atom stereocenters. The fourth-order valence-corrected chi connectivity index (χ4v) is 1.84. The first kappa shape index (κ1) is 11.1. The van der Waals surface area contributed by atoms with Crippen molar-refractivity contribution < 1.29 is 0 Å². The third-order valence-corrected chi connectivity index (χ3v) is 2.68. The molecule has 5 heteroatoms. The van der Waals surface area contributed by atoms with E-state index in [1.807, 2.05) is 11.8 Å². The van der Waals surface area contributed by atoms with Gasteiger partial charge >= 0.3 is 0 Å². The predicted molar refractivity (Wildman–Crippen MR) is 62.5 cm³/mol. The molecule has 0 amide bonds. The van der Waals surface area contributed by atoms with Gasteiger partial charge in [0.25, 0.3) is 0 Å². The van der Waals surface area contributed by atoms with Crippen LogP contribution < -0.4 is 11.1 Å². The summed E-state index contributed by atoms with van der Waals surface area (Å²) in [5, 5.41) is 3.30. The summed E-state index contributed by atoms with van der Waals surface area (Å²) < 4.78 is 0. The molecule has 1 aromatic rings. The number of hydrogen-bond acceptors (Lipinski definition) is 5. The van der Waals surface area contributed by atoms with Crippen LogP contribution in [0.3, 0.4) is 0 Å². The monoisotopic (exact) mass is 212 g/mol. The minimum atomic E-state index is 0.419. The van der Waals surface area contributed by atoms with Crippen LogP contribution >= 0.6 is 11.8 Å². The van der Waals surface area contributed by atoms with Crippen LogP contribution in [0.4, 0.5) is 11.5 Å². The second kappa shape index (κ2) is 5.70. The summed E-state index contributed by atoms with van der Waals surface area (Å²) in [7, 11) is 0. The highest BCUT2D eigenvalue weighted by molar-refractivity contribution is 7.98. The standard InChI is InChI=1S/C9H16N4S/c1-3-7(5-14-2)13-9-8(10)4-11-6-12-9/h4,6-7H,3,5,10H2,1-2H3,(H,11,12,13). The molecule has 0 radical (unpaired) electrons. The fraction of sp³-hybridized carbons (Fsp3) is 0.556. The molecule has 78 valence electrons. The van der Waals surface area contributed by atoms with Gasteiger partial charge in [-0.15, -0.1) is 0 Å². The van der Waals surface area contributed by atoms with E-state index >= 15 is 0 Å². The van der Waals surface area contributed by atoms with Crippen molar-refractivity contribution in [3.8, 4) is 0 Å². The molecular formula is C9H16N4S. The highest BCUT2D eigenvalue weighted by Gasteiger charge is 2.07. The Balaban J connectivity index is 2.62. The van der Waals surface area contributed by atoms with E-state index in [4.69, 9.17) is 5.73 Å². The second-order valence-electron chi connectivity index (χ2n) is 3.03. The lowest BCUT2D eigenvalue weighted by Crippen LogP contribution is -2.22. The molecule has 1 aromatic heterocycles. The van der Waals surface area contributed by atoms with Crippen molar-refractivity contribution in [3.05, 3.63) is 12.5 Å². The lowest BCUT2D eigenvalue weighted by molar-refractivity contribution is 0.769. The van der Waals surface area contributed by atoms with Crippen molar-refractivity contribution in [2.24, 2.45) is 0 Å². The Bertz CT molecular complexity index is 279. The molecule has 1 heterocycles. The predicted octanol–water partition coefficient (Wildman–Crippen LogP) is 1.61. The molecular weight excluding hydrogens is 196 g/mol.